The van der Waals surface area contributed by atoms with Crippen LogP contribution in [0.15, 0.2) is 134 Å². The maximum atomic E-state index is 3.68. The van der Waals surface area contributed by atoms with Crippen LogP contribution in [0.2, 0.25) is 0 Å². The summed E-state index contributed by atoms with van der Waals surface area (Å²) in [7, 11) is 0. The van der Waals surface area contributed by atoms with Crippen LogP contribution in [0.5, 0.6) is 0 Å². The third kappa shape index (κ3) is 7.26. The first kappa shape index (κ1) is 25.6. The summed E-state index contributed by atoms with van der Waals surface area (Å²) in [6.07, 6.45) is 15.7. The van der Waals surface area contributed by atoms with Gasteiger partial charge in [0.05, 0.1) is 0 Å². The molecule has 2 N–H and O–H groups in total. The predicted molar refractivity (Wildman–Crippen MR) is 162 cm³/mol. The smallest absolute Gasteiger partial charge is 0.0456 e. The van der Waals surface area contributed by atoms with E-state index in [-0.39, 0.29) is 0 Å². The van der Waals surface area contributed by atoms with Gasteiger partial charge in [0.2, 0.25) is 0 Å². The lowest BCUT2D eigenvalue weighted by molar-refractivity contribution is 0.324. The van der Waals surface area contributed by atoms with E-state index >= 15 is 0 Å². The minimum atomic E-state index is 0.468. The Morgan fingerprint density at radius 2 is 0.842 bits per heavy atom. The molecule has 1 fully saturated rings. The van der Waals surface area contributed by atoms with E-state index in [0.29, 0.717) is 12.1 Å². The van der Waals surface area contributed by atoms with Crippen molar-refractivity contribution in [2.24, 2.45) is 0 Å². The van der Waals surface area contributed by atoms with E-state index in [4.69, 9.17) is 0 Å². The molecule has 0 spiro atoms. The zero-order chi connectivity index (χ0) is 25.8. The van der Waals surface area contributed by atoms with E-state index in [1.165, 1.54) is 59.1 Å². The first-order valence-corrected chi connectivity index (χ1v) is 14.0. The lowest BCUT2D eigenvalue weighted by Gasteiger charge is -2.32. The third-order valence-electron chi connectivity index (χ3n) is 7.45. The van der Waals surface area contributed by atoms with Gasteiger partial charge in [-0.2, -0.15) is 0 Å². The average Bonchev–Trinajstić information content (AvgIpc) is 3.00. The summed E-state index contributed by atoms with van der Waals surface area (Å²) in [6.45, 7) is 0. The van der Waals surface area contributed by atoms with Gasteiger partial charge in [-0.3, -0.25) is 0 Å². The van der Waals surface area contributed by atoms with Gasteiger partial charge < -0.3 is 10.6 Å². The monoisotopic (exact) mass is 498 g/mol. The lowest BCUT2D eigenvalue weighted by atomic mass is 9.90. The van der Waals surface area contributed by atoms with Crippen molar-refractivity contribution in [2.75, 3.05) is 0 Å². The average molecular weight is 499 g/mol. The molecule has 0 saturated heterocycles. The molecule has 0 heterocycles. The van der Waals surface area contributed by atoms with Gasteiger partial charge in [0.1, 0.15) is 0 Å². The molecule has 4 aromatic carbocycles. The van der Waals surface area contributed by atoms with Gasteiger partial charge in [-0.05, 0) is 71.5 Å². The Balaban J connectivity index is 1.07. The molecule has 2 heteroatoms. The topological polar surface area (TPSA) is 24.1 Å². The molecule has 0 aliphatic heterocycles. The molecule has 0 unspecified atom stereocenters. The molecular weight excluding hydrogens is 460 g/mol. The molecule has 0 bridgehead atoms. The van der Waals surface area contributed by atoms with Gasteiger partial charge in [-0.15, -0.1) is 0 Å². The van der Waals surface area contributed by atoms with E-state index in [2.05, 4.69) is 144 Å². The second kappa shape index (κ2) is 13.5. The first-order valence-electron chi connectivity index (χ1n) is 14.0. The molecule has 38 heavy (non-hydrogen) atoms. The van der Waals surface area contributed by atoms with Crippen LogP contribution >= 0.6 is 0 Å². The second-order valence-electron chi connectivity index (χ2n) is 10.2. The fourth-order valence-corrected chi connectivity index (χ4v) is 5.23. The molecular formula is C36H38N2. The fourth-order valence-electron chi connectivity index (χ4n) is 5.23. The van der Waals surface area contributed by atoms with Crippen LogP contribution < -0.4 is 10.6 Å². The Morgan fingerprint density at radius 3 is 1.24 bits per heavy atom. The van der Waals surface area contributed by atoms with E-state index in [0.717, 1.165) is 12.8 Å². The highest BCUT2D eigenvalue weighted by atomic mass is 15.0. The summed E-state index contributed by atoms with van der Waals surface area (Å²) in [5.74, 6) is 0. The molecule has 1 aliphatic rings. The highest BCUT2D eigenvalue weighted by molar-refractivity contribution is 5.64. The molecule has 5 rings (SSSR count). The van der Waals surface area contributed by atoms with Crippen molar-refractivity contribution in [2.45, 2.75) is 50.6 Å². The minimum absolute atomic E-state index is 0.468. The molecule has 0 radical (unpaired) electrons. The molecule has 1 saturated carbocycles. The number of hydrogen-bond donors (Lipinski definition) is 2. The van der Waals surface area contributed by atoms with Crippen molar-refractivity contribution in [1.29, 1.82) is 0 Å². The SMILES string of the molecule is C(=C\N[C@H]1CCCC[C@@H]1N/C=C/Cc1ccc(-c2ccccc2)cc1)/Cc1ccc(-c2ccccc2)cc1. The highest BCUT2D eigenvalue weighted by Crippen LogP contribution is 2.21. The number of allylic oxidation sites excluding steroid dienone is 2. The Hall–Kier alpha value is -4.04. The van der Waals surface area contributed by atoms with Crippen molar-refractivity contribution < 1.29 is 0 Å². The van der Waals surface area contributed by atoms with Crippen molar-refractivity contribution in [3.63, 3.8) is 0 Å². The van der Waals surface area contributed by atoms with Crippen LogP contribution in [0.25, 0.3) is 22.3 Å². The number of rotatable bonds is 10. The zero-order valence-electron chi connectivity index (χ0n) is 22.1. The molecule has 192 valence electrons. The lowest BCUT2D eigenvalue weighted by Crippen LogP contribution is -2.46. The highest BCUT2D eigenvalue weighted by Gasteiger charge is 2.22. The molecule has 2 nitrogen and oxygen atoms in total. The zero-order valence-corrected chi connectivity index (χ0v) is 22.1. The van der Waals surface area contributed by atoms with Crippen LogP contribution in [0.3, 0.4) is 0 Å². The fraction of sp³-hybridized carbons (Fsp3) is 0.222. The van der Waals surface area contributed by atoms with E-state index in [1.807, 2.05) is 0 Å². The van der Waals surface area contributed by atoms with Crippen LogP contribution in [-0.2, 0) is 12.8 Å². The van der Waals surface area contributed by atoms with E-state index in [9.17, 15) is 0 Å². The number of nitrogens with one attached hydrogen (secondary N) is 2. The van der Waals surface area contributed by atoms with Gasteiger partial charge >= 0.3 is 0 Å². The summed E-state index contributed by atoms with van der Waals surface area (Å²) in [4.78, 5) is 0. The van der Waals surface area contributed by atoms with Crippen molar-refractivity contribution in [3.05, 3.63) is 145 Å². The maximum Gasteiger partial charge on any atom is 0.0456 e. The van der Waals surface area contributed by atoms with Crippen molar-refractivity contribution in [3.8, 4) is 22.3 Å². The summed E-state index contributed by atoms with van der Waals surface area (Å²) in [5, 5.41) is 7.37. The molecule has 0 aromatic heterocycles. The van der Waals surface area contributed by atoms with Crippen molar-refractivity contribution in [1.82, 2.24) is 10.6 Å². The molecule has 4 aromatic rings. The second-order valence-corrected chi connectivity index (χ2v) is 10.2. The van der Waals surface area contributed by atoms with Crippen LogP contribution in [0.1, 0.15) is 36.8 Å². The van der Waals surface area contributed by atoms with Gasteiger partial charge in [0.15, 0.2) is 0 Å². The molecule has 1 aliphatic carbocycles. The summed E-state index contributed by atoms with van der Waals surface area (Å²) >= 11 is 0. The Bertz CT molecular complexity index is 1180. The minimum Gasteiger partial charge on any atom is -0.386 e. The first-order chi connectivity index (χ1) is 18.8. The largest absolute Gasteiger partial charge is 0.386 e. The summed E-state index contributed by atoms with van der Waals surface area (Å²) in [5.41, 5.74) is 7.74. The van der Waals surface area contributed by atoms with Gasteiger partial charge in [0.25, 0.3) is 0 Å². The molecule has 0 amide bonds. The third-order valence-corrected chi connectivity index (χ3v) is 7.45. The Kier molecular flexibility index (Phi) is 9.09. The standard InChI is InChI=1S/C36H38N2/c1-3-13-31(14-4-1)33-23-19-29(20-24-33)11-9-27-37-35-17-7-8-18-36(35)38-28-10-12-30-21-25-34(26-22-30)32-15-5-2-6-16-32/h1-6,9-10,13-16,19-28,35-38H,7-8,11-12,17-18H2/b27-9+,28-10+/t35-,36-/m0/s1. The van der Waals surface area contributed by atoms with Gasteiger partial charge in [0, 0.05) is 12.1 Å². The predicted octanol–water partition coefficient (Wildman–Crippen LogP) is 8.32. The summed E-state index contributed by atoms with van der Waals surface area (Å²) < 4.78 is 0. The van der Waals surface area contributed by atoms with Crippen LogP contribution in [0.4, 0.5) is 0 Å². The van der Waals surface area contributed by atoms with Crippen LogP contribution in [-0.4, -0.2) is 12.1 Å². The Labute approximate surface area is 228 Å². The van der Waals surface area contributed by atoms with E-state index in [1.54, 1.807) is 0 Å². The van der Waals surface area contributed by atoms with Gasteiger partial charge in [-0.1, -0.05) is 134 Å². The Morgan fingerprint density at radius 1 is 0.474 bits per heavy atom. The quantitative estimate of drug-likeness (QED) is 0.230. The normalized spacial score (nSPS) is 17.6. The summed E-state index contributed by atoms with van der Waals surface area (Å²) in [6, 6.07) is 39.9. The number of hydrogen-bond acceptors (Lipinski definition) is 2. The molecule has 2 atom stereocenters. The van der Waals surface area contributed by atoms with Crippen molar-refractivity contribution >= 4 is 0 Å². The number of benzene rings is 4. The van der Waals surface area contributed by atoms with Gasteiger partial charge in [-0.25, -0.2) is 0 Å². The van der Waals surface area contributed by atoms with E-state index < -0.39 is 0 Å². The maximum absolute atomic E-state index is 3.68. The van der Waals surface area contributed by atoms with Crippen LogP contribution in [0, 0.1) is 0 Å².